The molecule has 4 rings (SSSR count). The zero-order valence-corrected chi connectivity index (χ0v) is 14.7. The van der Waals surface area contributed by atoms with Gasteiger partial charge in [-0.15, -0.1) is 0 Å². The van der Waals surface area contributed by atoms with Crippen molar-refractivity contribution in [3.8, 4) is 5.75 Å². The lowest BCUT2D eigenvalue weighted by atomic mass is 9.68. The highest BCUT2D eigenvalue weighted by molar-refractivity contribution is 6.05. The van der Waals surface area contributed by atoms with E-state index in [1.54, 1.807) is 7.11 Å². The molecule has 0 radical (unpaired) electrons. The second kappa shape index (κ2) is 5.55. The second-order valence-electron chi connectivity index (χ2n) is 7.15. The Labute approximate surface area is 141 Å². The molecule has 0 bridgehead atoms. The second-order valence-corrected chi connectivity index (χ2v) is 7.15. The molecule has 1 aliphatic carbocycles. The Bertz CT molecular complexity index is 839. The lowest BCUT2D eigenvalue weighted by Gasteiger charge is -2.37. The van der Waals surface area contributed by atoms with Crippen LogP contribution >= 0.6 is 0 Å². The lowest BCUT2D eigenvalue weighted by Crippen LogP contribution is -2.37. The van der Waals surface area contributed by atoms with Crippen molar-refractivity contribution in [3.05, 3.63) is 29.2 Å². The molecule has 0 amide bonds. The highest BCUT2D eigenvalue weighted by atomic mass is 16.5. The quantitative estimate of drug-likeness (QED) is 0.738. The fraction of sp³-hybridized carbons (Fsp3) is 0.500. The number of hydrogen-bond donors (Lipinski definition) is 1. The van der Waals surface area contributed by atoms with E-state index < -0.39 is 0 Å². The Morgan fingerprint density at radius 2 is 1.62 bits per heavy atom. The third kappa shape index (κ3) is 2.09. The molecule has 3 aromatic rings. The zero-order valence-electron chi connectivity index (χ0n) is 14.7. The molecule has 0 spiro atoms. The van der Waals surface area contributed by atoms with Crippen molar-refractivity contribution in [1.82, 2.24) is 0 Å². The predicted octanol–water partition coefficient (Wildman–Crippen LogP) is 4.97. The van der Waals surface area contributed by atoms with E-state index >= 15 is 0 Å². The number of ether oxygens (including phenoxy) is 1. The first-order valence-corrected chi connectivity index (χ1v) is 8.80. The van der Waals surface area contributed by atoms with E-state index in [1.165, 1.54) is 24.8 Å². The molecular weight excluding hydrogens is 302 g/mol. The number of aryl methyl sites for hydroxylation is 2. The normalized spacial score (nSPS) is 17.7. The third-order valence-corrected chi connectivity index (χ3v) is 5.59. The summed E-state index contributed by atoms with van der Waals surface area (Å²) < 4.78 is 17.9. The molecule has 1 aromatic carbocycles. The Morgan fingerprint density at radius 3 is 2.25 bits per heavy atom. The maximum atomic E-state index is 6.33. The van der Waals surface area contributed by atoms with Crippen LogP contribution in [-0.4, -0.2) is 13.7 Å². The first kappa shape index (κ1) is 15.6. The molecule has 0 unspecified atom stereocenters. The number of hydrogen-bond acceptors (Lipinski definition) is 4. The van der Waals surface area contributed by atoms with Crippen molar-refractivity contribution in [2.24, 2.45) is 5.73 Å². The summed E-state index contributed by atoms with van der Waals surface area (Å²) in [6, 6.07) is 4.15. The monoisotopic (exact) mass is 327 g/mol. The molecule has 4 heteroatoms. The molecule has 0 saturated heterocycles. The van der Waals surface area contributed by atoms with Crippen molar-refractivity contribution in [3.63, 3.8) is 0 Å². The highest BCUT2D eigenvalue weighted by Gasteiger charge is 2.38. The van der Waals surface area contributed by atoms with E-state index in [1.807, 2.05) is 19.9 Å². The molecule has 2 aromatic heterocycles. The Morgan fingerprint density at radius 1 is 1.00 bits per heavy atom. The largest absolute Gasteiger partial charge is 0.492 e. The maximum Gasteiger partial charge on any atom is 0.177 e. The molecule has 1 saturated carbocycles. The zero-order chi connectivity index (χ0) is 16.9. The fourth-order valence-electron chi connectivity index (χ4n) is 4.50. The summed E-state index contributed by atoms with van der Waals surface area (Å²) in [5.74, 6) is 2.53. The van der Waals surface area contributed by atoms with Crippen LogP contribution < -0.4 is 10.5 Å². The number of rotatable bonds is 3. The summed E-state index contributed by atoms with van der Waals surface area (Å²) in [5.41, 5.74) is 9.25. The van der Waals surface area contributed by atoms with Gasteiger partial charge in [0.25, 0.3) is 0 Å². The summed E-state index contributed by atoms with van der Waals surface area (Å²) >= 11 is 0. The molecule has 0 atom stereocenters. The summed E-state index contributed by atoms with van der Waals surface area (Å²) in [6.45, 7) is 4.59. The first-order valence-electron chi connectivity index (χ1n) is 8.80. The topological polar surface area (TPSA) is 61.5 Å². The van der Waals surface area contributed by atoms with Crippen molar-refractivity contribution >= 4 is 21.9 Å². The minimum Gasteiger partial charge on any atom is -0.492 e. The first-order chi connectivity index (χ1) is 11.6. The summed E-state index contributed by atoms with van der Waals surface area (Å²) in [6.07, 6.45) is 5.91. The van der Waals surface area contributed by atoms with Crippen LogP contribution in [0.2, 0.25) is 0 Å². The molecule has 2 N–H and O–H groups in total. The van der Waals surface area contributed by atoms with Crippen molar-refractivity contribution in [1.29, 1.82) is 0 Å². The van der Waals surface area contributed by atoms with Crippen molar-refractivity contribution < 1.29 is 13.6 Å². The minimum atomic E-state index is -0.0401. The highest BCUT2D eigenvalue weighted by Crippen LogP contribution is 2.49. The van der Waals surface area contributed by atoms with E-state index in [0.29, 0.717) is 6.54 Å². The molecular formula is C20H25NO3. The van der Waals surface area contributed by atoms with Gasteiger partial charge in [-0.1, -0.05) is 19.3 Å². The summed E-state index contributed by atoms with van der Waals surface area (Å²) in [4.78, 5) is 0. The molecule has 4 nitrogen and oxygen atoms in total. The van der Waals surface area contributed by atoms with Gasteiger partial charge < -0.3 is 19.3 Å². The van der Waals surface area contributed by atoms with Crippen LogP contribution in [0, 0.1) is 13.8 Å². The molecule has 1 fully saturated rings. The van der Waals surface area contributed by atoms with Gasteiger partial charge in [0.05, 0.1) is 12.5 Å². The lowest BCUT2D eigenvalue weighted by molar-refractivity contribution is 0.302. The van der Waals surface area contributed by atoms with Crippen molar-refractivity contribution in [2.75, 3.05) is 13.7 Å². The summed E-state index contributed by atoms with van der Waals surface area (Å²) in [5, 5.41) is 2.09. The number of methoxy groups -OCH3 is 1. The van der Waals surface area contributed by atoms with Gasteiger partial charge in [-0.05, 0) is 38.8 Å². The SMILES string of the molecule is COc1c2cc(C)oc2c(C2(CN)CCCCC2)c2cc(C)oc12. The van der Waals surface area contributed by atoms with Gasteiger partial charge in [0.1, 0.15) is 17.1 Å². The van der Waals surface area contributed by atoms with Gasteiger partial charge in [0.2, 0.25) is 0 Å². The Kier molecular flexibility index (Phi) is 3.61. The number of benzene rings is 1. The average molecular weight is 327 g/mol. The van der Waals surface area contributed by atoms with Crippen LogP contribution in [0.25, 0.3) is 21.9 Å². The van der Waals surface area contributed by atoms with Gasteiger partial charge in [-0.2, -0.15) is 0 Å². The van der Waals surface area contributed by atoms with Crippen molar-refractivity contribution in [2.45, 2.75) is 51.4 Å². The number of furan rings is 2. The van der Waals surface area contributed by atoms with Gasteiger partial charge >= 0.3 is 0 Å². The Balaban J connectivity index is 2.15. The van der Waals surface area contributed by atoms with Crippen LogP contribution in [0.15, 0.2) is 21.0 Å². The number of fused-ring (bicyclic) bond motifs is 2. The van der Waals surface area contributed by atoms with Crippen LogP contribution in [-0.2, 0) is 5.41 Å². The van der Waals surface area contributed by atoms with Crippen LogP contribution in [0.5, 0.6) is 5.75 Å². The molecule has 128 valence electrons. The maximum absolute atomic E-state index is 6.33. The smallest absolute Gasteiger partial charge is 0.177 e. The van der Waals surface area contributed by atoms with Gasteiger partial charge in [0.15, 0.2) is 11.3 Å². The summed E-state index contributed by atoms with van der Waals surface area (Å²) in [7, 11) is 1.69. The average Bonchev–Trinajstić information content (AvgIpc) is 3.14. The standard InChI is InChI=1S/C20H25NO3/c1-12-9-14-16(20(11-21)7-5-4-6-8-20)17-15(10-13(2)23-17)18(22-3)19(14)24-12/h9-10H,4-8,11,21H2,1-3H3. The van der Waals surface area contributed by atoms with Crippen LogP contribution in [0.3, 0.4) is 0 Å². The molecule has 0 aliphatic heterocycles. The van der Waals surface area contributed by atoms with Crippen LogP contribution in [0.4, 0.5) is 0 Å². The number of nitrogens with two attached hydrogens (primary N) is 1. The predicted molar refractivity (Wildman–Crippen MR) is 95.8 cm³/mol. The van der Waals surface area contributed by atoms with Gasteiger partial charge in [0, 0.05) is 22.9 Å². The van der Waals surface area contributed by atoms with Gasteiger partial charge in [-0.25, -0.2) is 0 Å². The van der Waals surface area contributed by atoms with E-state index in [-0.39, 0.29) is 5.41 Å². The van der Waals surface area contributed by atoms with E-state index in [0.717, 1.165) is 52.1 Å². The van der Waals surface area contributed by atoms with Gasteiger partial charge in [-0.3, -0.25) is 0 Å². The van der Waals surface area contributed by atoms with E-state index in [2.05, 4.69) is 6.07 Å². The molecule has 2 heterocycles. The third-order valence-electron chi connectivity index (χ3n) is 5.59. The van der Waals surface area contributed by atoms with Crippen LogP contribution in [0.1, 0.15) is 49.2 Å². The minimum absolute atomic E-state index is 0.0401. The van der Waals surface area contributed by atoms with E-state index in [4.69, 9.17) is 19.3 Å². The fourth-order valence-corrected chi connectivity index (χ4v) is 4.50. The Hall–Kier alpha value is -1.94. The molecule has 24 heavy (non-hydrogen) atoms. The van der Waals surface area contributed by atoms with E-state index in [9.17, 15) is 0 Å². The molecule has 1 aliphatic rings.